The molecule has 1 N–H and O–H groups in total. The van der Waals surface area contributed by atoms with Crippen molar-refractivity contribution in [3.05, 3.63) is 36.5 Å². The molecule has 0 aliphatic carbocycles. The van der Waals surface area contributed by atoms with Gasteiger partial charge < -0.3 is 14.8 Å². The summed E-state index contributed by atoms with van der Waals surface area (Å²) in [5, 5.41) is 2.75. The van der Waals surface area contributed by atoms with Crippen LogP contribution in [0.1, 0.15) is 200 Å². The summed E-state index contributed by atoms with van der Waals surface area (Å²) in [6.07, 6.45) is 42.7. The minimum atomic E-state index is -0.730. The molecule has 9 nitrogen and oxygen atoms in total. The first-order valence-corrected chi connectivity index (χ1v) is 22.3. The Kier molecular flexibility index (Phi) is 33.0. The summed E-state index contributed by atoms with van der Waals surface area (Å²) in [6, 6.07) is -0.730. The molecule has 0 radical (unpaired) electrons. The molecule has 0 aromatic carbocycles. The van der Waals surface area contributed by atoms with Crippen molar-refractivity contribution in [3.63, 3.8) is 0 Å². The van der Waals surface area contributed by atoms with Crippen molar-refractivity contribution in [1.29, 1.82) is 0 Å². The summed E-state index contributed by atoms with van der Waals surface area (Å²) in [7, 11) is 0. The van der Waals surface area contributed by atoms with E-state index in [1.807, 2.05) is 0 Å². The molecule has 0 atom stereocenters. The van der Waals surface area contributed by atoms with Gasteiger partial charge in [0.05, 0.1) is 6.04 Å². The topological polar surface area (TPSA) is 119 Å². The maximum absolute atomic E-state index is 12.7. The van der Waals surface area contributed by atoms with E-state index >= 15 is 0 Å². The van der Waals surface area contributed by atoms with Crippen molar-refractivity contribution in [2.75, 3.05) is 19.8 Å². The first-order chi connectivity index (χ1) is 26.9. The van der Waals surface area contributed by atoms with Crippen molar-refractivity contribution in [2.24, 2.45) is 0 Å². The Morgan fingerprint density at radius 3 is 1.25 bits per heavy atom. The highest BCUT2D eigenvalue weighted by atomic mass is 16.5. The number of amides is 3. The molecule has 0 saturated heterocycles. The molecule has 0 bridgehead atoms. The van der Waals surface area contributed by atoms with Crippen molar-refractivity contribution in [3.8, 4) is 0 Å². The van der Waals surface area contributed by atoms with E-state index in [-0.39, 0.29) is 38.1 Å². The minimum Gasteiger partial charge on any atom is -0.463 e. The fraction of sp³-hybridized carbons (Fsp3) is 0.761. The van der Waals surface area contributed by atoms with Gasteiger partial charge in [0, 0.05) is 38.0 Å². The van der Waals surface area contributed by atoms with Crippen LogP contribution in [-0.2, 0) is 33.4 Å². The van der Waals surface area contributed by atoms with E-state index in [0.717, 1.165) is 81.9 Å². The van der Waals surface area contributed by atoms with Gasteiger partial charge in [0.2, 0.25) is 5.91 Å². The lowest BCUT2D eigenvalue weighted by Gasteiger charge is -2.20. The normalized spacial score (nSPS) is 12.9. The number of imide groups is 1. The number of carbonyl (C=O) groups excluding carboxylic acids is 5. The van der Waals surface area contributed by atoms with Crippen LogP contribution >= 0.6 is 0 Å². The zero-order valence-electron chi connectivity index (χ0n) is 35.0. The summed E-state index contributed by atoms with van der Waals surface area (Å²) in [5.41, 5.74) is 0. The van der Waals surface area contributed by atoms with Crippen molar-refractivity contribution < 1.29 is 33.4 Å². The zero-order chi connectivity index (χ0) is 40.0. The molecule has 0 aromatic rings. The lowest BCUT2D eigenvalue weighted by molar-refractivity contribution is -0.149. The maximum Gasteiger partial charge on any atom is 0.305 e. The number of unbranched alkanes of at least 4 members (excludes halogenated alkanes) is 22. The van der Waals surface area contributed by atoms with Gasteiger partial charge in [0.25, 0.3) is 11.8 Å². The Hall–Kier alpha value is -3.23. The fourth-order valence-electron chi connectivity index (χ4n) is 6.51. The number of hydrogen-bond acceptors (Lipinski definition) is 7. The summed E-state index contributed by atoms with van der Waals surface area (Å²) in [4.78, 5) is 62.4. The summed E-state index contributed by atoms with van der Waals surface area (Å²) in [5.74, 6) is -2.04. The van der Waals surface area contributed by atoms with E-state index < -0.39 is 23.8 Å². The first kappa shape index (κ1) is 49.8. The molecule has 0 saturated carbocycles. The Labute approximate surface area is 334 Å². The molecule has 9 heteroatoms. The molecular weight excluding hydrogens is 693 g/mol. The third-order valence-corrected chi connectivity index (χ3v) is 10.0. The largest absolute Gasteiger partial charge is 0.463 e. The molecule has 0 unspecified atom stereocenters. The quantitative estimate of drug-likeness (QED) is 0.0287. The summed E-state index contributed by atoms with van der Waals surface area (Å²) >= 11 is 0. The van der Waals surface area contributed by atoms with Crippen LogP contribution in [-0.4, -0.2) is 60.4 Å². The van der Waals surface area contributed by atoms with Crippen LogP contribution in [0.4, 0.5) is 0 Å². The number of nitrogens with one attached hydrogen (secondary N) is 1. The highest BCUT2D eigenvalue weighted by Crippen LogP contribution is 2.13. The van der Waals surface area contributed by atoms with Gasteiger partial charge in [-0.2, -0.15) is 0 Å². The van der Waals surface area contributed by atoms with Crippen LogP contribution in [0, 0.1) is 0 Å². The van der Waals surface area contributed by atoms with Crippen LogP contribution in [0.3, 0.4) is 0 Å². The van der Waals surface area contributed by atoms with Gasteiger partial charge in [-0.3, -0.25) is 28.9 Å². The predicted octanol–water partition coefficient (Wildman–Crippen LogP) is 10.9. The van der Waals surface area contributed by atoms with E-state index in [4.69, 9.17) is 9.47 Å². The number of nitrogens with zero attached hydrogens (tertiary/aromatic N) is 1. The summed E-state index contributed by atoms with van der Waals surface area (Å²) in [6.45, 7) is 4.18. The Morgan fingerprint density at radius 2 is 0.873 bits per heavy atom. The monoisotopic (exact) mass is 771 g/mol. The lowest BCUT2D eigenvalue weighted by Crippen LogP contribution is -2.44. The number of ether oxygens (including phenoxy) is 2. The van der Waals surface area contributed by atoms with E-state index in [2.05, 4.69) is 43.5 Å². The Morgan fingerprint density at radius 1 is 0.527 bits per heavy atom. The second kappa shape index (κ2) is 36.4. The van der Waals surface area contributed by atoms with Crippen LogP contribution in [0.25, 0.3) is 0 Å². The van der Waals surface area contributed by atoms with Gasteiger partial charge in [-0.1, -0.05) is 141 Å². The molecule has 3 amide bonds. The van der Waals surface area contributed by atoms with E-state index in [1.54, 1.807) is 0 Å². The van der Waals surface area contributed by atoms with Crippen LogP contribution < -0.4 is 5.32 Å². The molecule has 1 aliphatic heterocycles. The van der Waals surface area contributed by atoms with Crippen LogP contribution in [0.5, 0.6) is 0 Å². The SMILES string of the molecule is CCCCCCCC/C=C\CCCCCCCC(=O)OCC(COC(=O)CCCCCCC/C=C\CCCCCCCC)NC(=O)CCN1C(=O)C=CC1=O. The second-order valence-electron chi connectivity index (χ2n) is 15.2. The van der Waals surface area contributed by atoms with E-state index in [1.165, 1.54) is 102 Å². The third kappa shape index (κ3) is 30.6. The van der Waals surface area contributed by atoms with Gasteiger partial charge in [-0.05, 0) is 64.2 Å². The molecule has 1 aliphatic rings. The van der Waals surface area contributed by atoms with Gasteiger partial charge in [-0.25, -0.2) is 0 Å². The van der Waals surface area contributed by atoms with Gasteiger partial charge in [0.15, 0.2) is 0 Å². The second-order valence-corrected chi connectivity index (χ2v) is 15.2. The van der Waals surface area contributed by atoms with Crippen molar-refractivity contribution in [1.82, 2.24) is 10.2 Å². The fourth-order valence-corrected chi connectivity index (χ4v) is 6.51. The number of carbonyl (C=O) groups is 5. The van der Waals surface area contributed by atoms with Crippen LogP contribution in [0.15, 0.2) is 36.5 Å². The predicted molar refractivity (Wildman–Crippen MR) is 223 cm³/mol. The average molecular weight is 771 g/mol. The van der Waals surface area contributed by atoms with Gasteiger partial charge in [0.1, 0.15) is 13.2 Å². The summed E-state index contributed by atoms with van der Waals surface area (Å²) < 4.78 is 10.9. The van der Waals surface area contributed by atoms with Crippen LogP contribution in [0.2, 0.25) is 0 Å². The molecule has 0 spiro atoms. The minimum absolute atomic E-state index is 0.0617. The van der Waals surface area contributed by atoms with E-state index in [9.17, 15) is 24.0 Å². The van der Waals surface area contributed by atoms with E-state index in [0.29, 0.717) is 12.8 Å². The molecule has 1 rings (SSSR count). The van der Waals surface area contributed by atoms with Gasteiger partial charge >= 0.3 is 11.9 Å². The molecule has 0 fully saturated rings. The number of allylic oxidation sites excluding steroid dienone is 4. The highest BCUT2D eigenvalue weighted by molar-refractivity contribution is 6.13. The first-order valence-electron chi connectivity index (χ1n) is 22.3. The Bertz CT molecular complexity index is 1040. The lowest BCUT2D eigenvalue weighted by atomic mass is 10.1. The third-order valence-electron chi connectivity index (χ3n) is 10.0. The van der Waals surface area contributed by atoms with Crippen molar-refractivity contribution >= 4 is 29.7 Å². The molecule has 314 valence electrons. The highest BCUT2D eigenvalue weighted by Gasteiger charge is 2.24. The number of hydrogen-bond donors (Lipinski definition) is 1. The standard InChI is InChI=1S/C46H78N2O7/c1-3-5-7-9-11-13-15-17-19-21-23-25-27-29-31-33-45(52)54-39-41(47-42(49)37-38-48-43(50)35-36-44(48)51)40-55-46(53)34-32-30-28-26-24-22-20-18-16-14-12-10-8-6-4-2/h17-20,35-36,41H,3-16,21-34,37-40H2,1-2H3,(H,47,49)/b19-17-,20-18-. The smallest absolute Gasteiger partial charge is 0.305 e. The molecule has 1 heterocycles. The molecule has 0 aromatic heterocycles. The number of rotatable bonds is 38. The molecule has 55 heavy (non-hydrogen) atoms. The Balaban J connectivity index is 2.27. The zero-order valence-corrected chi connectivity index (χ0v) is 35.0. The maximum atomic E-state index is 12.7. The number of esters is 2. The van der Waals surface area contributed by atoms with Gasteiger partial charge in [-0.15, -0.1) is 0 Å². The molecular formula is C46H78N2O7. The average Bonchev–Trinajstić information content (AvgIpc) is 3.50. The van der Waals surface area contributed by atoms with Crippen molar-refractivity contribution in [2.45, 2.75) is 206 Å².